The van der Waals surface area contributed by atoms with Crippen LogP contribution in [0.2, 0.25) is 0 Å². The third-order valence-corrected chi connectivity index (χ3v) is 4.48. The Morgan fingerprint density at radius 3 is 2.32 bits per heavy atom. The van der Waals surface area contributed by atoms with Crippen molar-refractivity contribution in [2.75, 3.05) is 39.8 Å². The maximum absolute atomic E-state index is 12.6. The zero-order chi connectivity index (χ0) is 14.0. The van der Waals surface area contributed by atoms with Crippen molar-refractivity contribution in [3.05, 3.63) is 0 Å². The molecule has 6 nitrogen and oxygen atoms in total. The van der Waals surface area contributed by atoms with E-state index in [0.29, 0.717) is 32.5 Å². The molecule has 1 unspecified atom stereocenters. The number of likely N-dealkylation sites (N-methyl/N-ethyl adjacent to an activating group) is 1. The molecule has 0 aliphatic carbocycles. The van der Waals surface area contributed by atoms with Gasteiger partial charge in [-0.2, -0.15) is 0 Å². The topological polar surface area (TPSA) is 64.1 Å². The molecule has 2 rings (SSSR count). The van der Waals surface area contributed by atoms with Crippen LogP contribution in [0.3, 0.4) is 0 Å². The quantitative estimate of drug-likeness (QED) is 0.801. The van der Waals surface area contributed by atoms with Crippen LogP contribution in [0, 0.1) is 0 Å². The van der Waals surface area contributed by atoms with E-state index in [1.165, 1.54) is 0 Å². The molecule has 0 bridgehead atoms. The molecule has 6 heteroatoms. The predicted molar refractivity (Wildman–Crippen MR) is 71.1 cm³/mol. The molecule has 2 amide bonds. The summed E-state index contributed by atoms with van der Waals surface area (Å²) in [6, 6.07) is -0.102. The van der Waals surface area contributed by atoms with E-state index in [4.69, 9.17) is 0 Å². The van der Waals surface area contributed by atoms with Crippen LogP contribution >= 0.6 is 0 Å². The summed E-state index contributed by atoms with van der Waals surface area (Å²) in [5.74, 6) is -0.866. The van der Waals surface area contributed by atoms with Crippen molar-refractivity contribution in [1.29, 1.82) is 0 Å². The minimum atomic E-state index is -0.986. The van der Waals surface area contributed by atoms with Gasteiger partial charge in [-0.3, -0.25) is 0 Å². The number of carboxylic acid groups (broad SMARTS) is 1. The van der Waals surface area contributed by atoms with E-state index in [1.54, 1.807) is 9.80 Å². The number of hydrogen-bond donors (Lipinski definition) is 1. The Bertz CT molecular complexity index is 366. The summed E-state index contributed by atoms with van der Waals surface area (Å²) in [5, 5.41) is 9.50. The molecule has 2 heterocycles. The molecule has 2 aliphatic heterocycles. The lowest BCUT2D eigenvalue weighted by molar-refractivity contribution is -0.148. The first-order valence-electron chi connectivity index (χ1n) is 7.00. The highest BCUT2D eigenvalue weighted by Crippen LogP contribution is 2.33. The van der Waals surface area contributed by atoms with E-state index in [2.05, 4.69) is 4.90 Å². The highest BCUT2D eigenvalue weighted by molar-refractivity contribution is 5.87. The third kappa shape index (κ3) is 2.41. The fourth-order valence-electron chi connectivity index (χ4n) is 3.07. The van der Waals surface area contributed by atoms with Gasteiger partial charge in [0.15, 0.2) is 0 Å². The van der Waals surface area contributed by atoms with Gasteiger partial charge >= 0.3 is 12.0 Å². The van der Waals surface area contributed by atoms with Crippen LogP contribution in [-0.2, 0) is 4.79 Å². The first-order valence-corrected chi connectivity index (χ1v) is 7.00. The average Bonchev–Trinajstić information content (AvgIpc) is 2.83. The minimum Gasteiger partial charge on any atom is -0.479 e. The van der Waals surface area contributed by atoms with E-state index in [-0.39, 0.29) is 6.03 Å². The summed E-state index contributed by atoms with van der Waals surface area (Å²) in [6.07, 6.45) is 1.82. The minimum absolute atomic E-state index is 0.102. The Balaban J connectivity index is 2.11. The normalized spacial score (nSPS) is 28.7. The molecule has 2 aliphatic rings. The van der Waals surface area contributed by atoms with Gasteiger partial charge in [-0.25, -0.2) is 9.59 Å². The van der Waals surface area contributed by atoms with Crippen molar-refractivity contribution in [2.24, 2.45) is 0 Å². The van der Waals surface area contributed by atoms with Gasteiger partial charge in [0.05, 0.1) is 0 Å². The van der Waals surface area contributed by atoms with Crippen LogP contribution in [-0.4, -0.2) is 77.1 Å². The van der Waals surface area contributed by atoms with Gasteiger partial charge in [-0.1, -0.05) is 6.92 Å². The van der Waals surface area contributed by atoms with E-state index < -0.39 is 11.5 Å². The maximum atomic E-state index is 12.6. The van der Waals surface area contributed by atoms with Gasteiger partial charge in [0.25, 0.3) is 0 Å². The predicted octanol–water partition coefficient (Wildman–Crippen LogP) is 0.683. The molecule has 2 saturated heterocycles. The van der Waals surface area contributed by atoms with Gasteiger partial charge in [0.1, 0.15) is 5.54 Å². The number of carboxylic acids is 1. The summed E-state index contributed by atoms with van der Waals surface area (Å²) >= 11 is 0. The summed E-state index contributed by atoms with van der Waals surface area (Å²) in [4.78, 5) is 29.7. The Morgan fingerprint density at radius 2 is 1.79 bits per heavy atom. The van der Waals surface area contributed by atoms with Crippen LogP contribution < -0.4 is 0 Å². The van der Waals surface area contributed by atoms with Crippen molar-refractivity contribution in [3.8, 4) is 0 Å². The number of rotatable bonds is 2. The fraction of sp³-hybridized carbons (Fsp3) is 0.846. The molecule has 108 valence electrons. The van der Waals surface area contributed by atoms with E-state index in [0.717, 1.165) is 19.5 Å². The zero-order valence-electron chi connectivity index (χ0n) is 11.8. The molecular weight excluding hydrogens is 246 g/mol. The molecule has 19 heavy (non-hydrogen) atoms. The lowest BCUT2D eigenvalue weighted by Crippen LogP contribution is -2.59. The van der Waals surface area contributed by atoms with E-state index >= 15 is 0 Å². The molecule has 0 aromatic heterocycles. The Labute approximate surface area is 114 Å². The molecule has 0 radical (unpaired) electrons. The zero-order valence-corrected chi connectivity index (χ0v) is 11.8. The number of likely N-dealkylation sites (tertiary alicyclic amines) is 1. The second kappa shape index (κ2) is 5.36. The molecule has 1 N–H and O–H groups in total. The Kier molecular flexibility index (Phi) is 3.99. The second-order valence-corrected chi connectivity index (χ2v) is 5.52. The number of nitrogens with zero attached hydrogens (tertiary/aromatic N) is 3. The van der Waals surface area contributed by atoms with Gasteiger partial charge in [-0.05, 0) is 26.3 Å². The number of urea groups is 1. The standard InChI is InChI=1S/C13H23N3O3/c1-3-13(11(17)18)5-4-6-16(13)12(19)15-9-7-14(2)8-10-15/h3-10H2,1-2H3,(H,17,18). The molecule has 0 aromatic rings. The molecule has 0 saturated carbocycles. The molecule has 0 spiro atoms. The lowest BCUT2D eigenvalue weighted by atomic mass is 9.93. The lowest BCUT2D eigenvalue weighted by Gasteiger charge is -2.40. The Hall–Kier alpha value is -1.30. The summed E-state index contributed by atoms with van der Waals surface area (Å²) in [5.41, 5.74) is -0.986. The largest absolute Gasteiger partial charge is 0.479 e. The first-order chi connectivity index (χ1) is 9.01. The summed E-state index contributed by atoms with van der Waals surface area (Å²) in [7, 11) is 2.03. The monoisotopic (exact) mass is 269 g/mol. The SMILES string of the molecule is CCC1(C(=O)O)CCCN1C(=O)N1CCN(C)CC1. The van der Waals surface area contributed by atoms with Gasteiger partial charge < -0.3 is 19.8 Å². The van der Waals surface area contributed by atoms with Gasteiger partial charge in [-0.15, -0.1) is 0 Å². The Morgan fingerprint density at radius 1 is 1.16 bits per heavy atom. The maximum Gasteiger partial charge on any atom is 0.329 e. The van der Waals surface area contributed by atoms with Gasteiger partial charge in [0, 0.05) is 32.7 Å². The van der Waals surface area contributed by atoms with Crippen LogP contribution in [0.25, 0.3) is 0 Å². The van der Waals surface area contributed by atoms with Crippen molar-refractivity contribution < 1.29 is 14.7 Å². The molecular formula is C13H23N3O3. The number of carbonyl (C=O) groups excluding carboxylic acids is 1. The third-order valence-electron chi connectivity index (χ3n) is 4.48. The highest BCUT2D eigenvalue weighted by Gasteiger charge is 2.49. The number of piperazine rings is 1. The van der Waals surface area contributed by atoms with Crippen LogP contribution in [0.1, 0.15) is 26.2 Å². The van der Waals surface area contributed by atoms with Crippen LogP contribution in [0.4, 0.5) is 4.79 Å². The number of amides is 2. The fourth-order valence-corrected chi connectivity index (χ4v) is 3.07. The first kappa shape index (κ1) is 14.1. The molecule has 0 aromatic carbocycles. The molecule has 1 atom stereocenters. The number of carbonyl (C=O) groups is 2. The van der Waals surface area contributed by atoms with Crippen molar-refractivity contribution >= 4 is 12.0 Å². The van der Waals surface area contributed by atoms with Crippen molar-refractivity contribution in [2.45, 2.75) is 31.7 Å². The number of aliphatic carboxylic acids is 1. The summed E-state index contributed by atoms with van der Waals surface area (Å²) in [6.45, 7) is 5.49. The highest BCUT2D eigenvalue weighted by atomic mass is 16.4. The van der Waals surface area contributed by atoms with E-state index in [1.807, 2.05) is 14.0 Å². The van der Waals surface area contributed by atoms with E-state index in [9.17, 15) is 14.7 Å². The number of hydrogen-bond acceptors (Lipinski definition) is 3. The van der Waals surface area contributed by atoms with Gasteiger partial charge in [0.2, 0.25) is 0 Å². The smallest absolute Gasteiger partial charge is 0.329 e. The van der Waals surface area contributed by atoms with Crippen LogP contribution in [0.15, 0.2) is 0 Å². The van der Waals surface area contributed by atoms with Crippen molar-refractivity contribution in [3.63, 3.8) is 0 Å². The van der Waals surface area contributed by atoms with Crippen molar-refractivity contribution in [1.82, 2.24) is 14.7 Å². The second-order valence-electron chi connectivity index (χ2n) is 5.52. The average molecular weight is 269 g/mol. The molecule has 2 fully saturated rings. The summed E-state index contributed by atoms with van der Waals surface area (Å²) < 4.78 is 0. The van der Waals surface area contributed by atoms with Crippen LogP contribution in [0.5, 0.6) is 0 Å².